The Morgan fingerprint density at radius 1 is 0.538 bits per heavy atom. The maximum atomic E-state index is 11.4. The summed E-state index contributed by atoms with van der Waals surface area (Å²) in [6, 6.07) is 0. The second-order valence-corrected chi connectivity index (χ2v) is 12.4. The highest BCUT2D eigenvalue weighted by atomic mass is 16.4. The van der Waals surface area contributed by atoms with Gasteiger partial charge in [-0.2, -0.15) is 0 Å². The molecule has 0 saturated carbocycles. The summed E-state index contributed by atoms with van der Waals surface area (Å²) < 4.78 is 0. The number of carbonyl (C=O) groups excluding carboxylic acids is 1. The van der Waals surface area contributed by atoms with Crippen LogP contribution < -0.4 is 11.3 Å². The smallest absolute Gasteiger partial charge is 0.0445 e. The van der Waals surface area contributed by atoms with E-state index in [2.05, 4.69) is 39.8 Å². The molecule has 0 spiro atoms. The Morgan fingerprint density at radius 2 is 0.897 bits per heavy atom. The van der Waals surface area contributed by atoms with E-state index in [0.29, 0.717) is 5.41 Å². The van der Waals surface area contributed by atoms with Crippen LogP contribution in [0.15, 0.2) is 12.2 Å². The fraction of sp³-hybridized carbons (Fsp3) is 0.917. The molecule has 0 aliphatic rings. The number of aliphatic carboxylic acids is 1. The van der Waals surface area contributed by atoms with Crippen molar-refractivity contribution in [3.8, 4) is 0 Å². The predicted octanol–water partition coefficient (Wildman–Crippen LogP) is 11.9. The van der Waals surface area contributed by atoms with Crippen molar-refractivity contribution in [2.45, 2.75) is 201 Å². The van der Waals surface area contributed by atoms with E-state index >= 15 is 0 Å². The molecule has 0 rings (SSSR count). The zero-order chi connectivity index (χ0) is 28.2. The van der Waals surface area contributed by atoms with Gasteiger partial charge in [-0.05, 0) is 75.5 Å². The molecule has 0 aromatic carbocycles. The number of carbonyl (C=O) groups is 1. The van der Waals surface area contributed by atoms with E-state index in [1.54, 1.807) is 0 Å². The Labute approximate surface area is 246 Å². The van der Waals surface area contributed by atoms with Crippen LogP contribution in [0.2, 0.25) is 0 Å². The van der Waals surface area contributed by atoms with Crippen molar-refractivity contribution < 1.29 is 9.90 Å². The van der Waals surface area contributed by atoms with E-state index in [1.807, 2.05) is 0 Å². The third-order valence-corrected chi connectivity index (χ3v) is 8.84. The Hall–Kier alpha value is -0.830. The summed E-state index contributed by atoms with van der Waals surface area (Å²) in [6.07, 6.45) is 39.2. The van der Waals surface area contributed by atoms with Crippen LogP contribution in [0.5, 0.6) is 0 Å². The lowest BCUT2D eigenvalue weighted by molar-refractivity contribution is -0.312. The van der Waals surface area contributed by atoms with Gasteiger partial charge in [0.2, 0.25) is 0 Å². The van der Waals surface area contributed by atoms with E-state index in [0.717, 1.165) is 38.5 Å². The molecule has 0 aromatic heterocycles. The van der Waals surface area contributed by atoms with Gasteiger partial charge in [0, 0.05) is 5.97 Å². The normalized spacial score (nSPS) is 12.6. The minimum absolute atomic E-state index is 0. The quantitative estimate of drug-likeness (QED) is 0.0711. The van der Waals surface area contributed by atoms with Crippen LogP contribution >= 0.6 is 0 Å². The van der Waals surface area contributed by atoms with Gasteiger partial charge in [0.1, 0.15) is 0 Å². The SMILES string of the molecule is CCCCCCC(CCCCCC/C=C\CCCCCCCC(CCCC)(CCCC)CCCC)C(=O)[O-].[NH4+]. The highest BCUT2D eigenvalue weighted by molar-refractivity contribution is 5.67. The second-order valence-electron chi connectivity index (χ2n) is 12.4. The third kappa shape index (κ3) is 24.7. The van der Waals surface area contributed by atoms with Crippen LogP contribution in [0.25, 0.3) is 0 Å². The molecule has 0 aliphatic heterocycles. The summed E-state index contributed by atoms with van der Waals surface area (Å²) in [7, 11) is 0. The Morgan fingerprint density at radius 3 is 1.33 bits per heavy atom. The van der Waals surface area contributed by atoms with E-state index in [4.69, 9.17) is 0 Å². The Kier molecular flexibility index (Phi) is 31.1. The summed E-state index contributed by atoms with van der Waals surface area (Å²) in [4.78, 5) is 11.4. The van der Waals surface area contributed by atoms with Gasteiger partial charge in [0.25, 0.3) is 0 Å². The lowest BCUT2D eigenvalue weighted by atomic mass is 9.71. The first-order valence-electron chi connectivity index (χ1n) is 17.4. The van der Waals surface area contributed by atoms with Crippen LogP contribution in [-0.2, 0) is 4.79 Å². The summed E-state index contributed by atoms with van der Waals surface area (Å²) >= 11 is 0. The number of hydrogen-bond acceptors (Lipinski definition) is 2. The van der Waals surface area contributed by atoms with Crippen molar-refractivity contribution >= 4 is 5.97 Å². The molecule has 1 unspecified atom stereocenters. The number of carboxylic acid groups (broad SMARTS) is 1. The van der Waals surface area contributed by atoms with Gasteiger partial charge in [-0.3, -0.25) is 0 Å². The zero-order valence-corrected chi connectivity index (χ0v) is 27.6. The molecule has 3 nitrogen and oxygen atoms in total. The lowest BCUT2D eigenvalue weighted by Crippen LogP contribution is -2.31. The molecule has 0 aromatic rings. The average Bonchev–Trinajstić information content (AvgIpc) is 2.92. The molecule has 0 aliphatic carbocycles. The van der Waals surface area contributed by atoms with E-state index < -0.39 is 5.97 Å². The molecule has 0 radical (unpaired) electrons. The molecule has 0 fully saturated rings. The first-order chi connectivity index (χ1) is 18.5. The zero-order valence-electron chi connectivity index (χ0n) is 27.6. The molecule has 234 valence electrons. The Balaban J connectivity index is 0. The van der Waals surface area contributed by atoms with Crippen molar-refractivity contribution in [3.63, 3.8) is 0 Å². The number of quaternary nitrogens is 1. The topological polar surface area (TPSA) is 76.6 Å². The maximum Gasteiger partial charge on any atom is 0.0445 e. The van der Waals surface area contributed by atoms with Crippen molar-refractivity contribution in [1.29, 1.82) is 0 Å². The van der Waals surface area contributed by atoms with Crippen molar-refractivity contribution in [1.82, 2.24) is 6.15 Å². The van der Waals surface area contributed by atoms with E-state index in [1.165, 1.54) is 135 Å². The van der Waals surface area contributed by atoms with Gasteiger partial charge >= 0.3 is 0 Å². The minimum Gasteiger partial charge on any atom is -0.550 e. The fourth-order valence-corrected chi connectivity index (χ4v) is 6.14. The maximum absolute atomic E-state index is 11.4. The summed E-state index contributed by atoms with van der Waals surface area (Å²) in [5, 5.41) is 11.4. The lowest BCUT2D eigenvalue weighted by Gasteiger charge is -2.35. The van der Waals surface area contributed by atoms with Crippen molar-refractivity contribution in [2.75, 3.05) is 0 Å². The van der Waals surface area contributed by atoms with Crippen LogP contribution in [-0.4, -0.2) is 5.97 Å². The monoisotopic (exact) mass is 552 g/mol. The first kappa shape index (κ1) is 40.3. The highest BCUT2D eigenvalue weighted by Crippen LogP contribution is 2.41. The van der Waals surface area contributed by atoms with Gasteiger partial charge in [-0.15, -0.1) is 0 Å². The molecular formula is C36H73NO2. The standard InChI is InChI=1S/C36H70O2.H3N/c1-5-9-13-25-28-34(35(37)38)29-26-23-21-19-17-15-14-16-18-20-22-24-27-33-36(30-10-6-2,31-11-7-3)32-12-8-4;/h14-15,34H,5-13,16-33H2,1-4H3,(H,37,38);1H3/b15-14-;. The van der Waals surface area contributed by atoms with Crippen LogP contribution in [0.3, 0.4) is 0 Å². The van der Waals surface area contributed by atoms with Gasteiger partial charge < -0.3 is 16.1 Å². The molecule has 3 heteroatoms. The molecular weight excluding hydrogens is 478 g/mol. The summed E-state index contributed by atoms with van der Waals surface area (Å²) in [5.41, 5.74) is 0.647. The molecule has 0 bridgehead atoms. The van der Waals surface area contributed by atoms with Crippen LogP contribution in [0.4, 0.5) is 0 Å². The Bertz CT molecular complexity index is 508. The third-order valence-electron chi connectivity index (χ3n) is 8.84. The number of carboxylic acids is 1. The molecule has 39 heavy (non-hydrogen) atoms. The predicted molar refractivity (Wildman–Crippen MR) is 173 cm³/mol. The number of unbranched alkanes of at least 4 members (excludes halogenated alkanes) is 15. The highest BCUT2D eigenvalue weighted by Gasteiger charge is 2.27. The van der Waals surface area contributed by atoms with Crippen molar-refractivity contribution in [2.24, 2.45) is 11.3 Å². The van der Waals surface area contributed by atoms with Gasteiger partial charge in [0.05, 0.1) is 0 Å². The van der Waals surface area contributed by atoms with Gasteiger partial charge in [-0.25, -0.2) is 0 Å². The molecule has 0 saturated heterocycles. The van der Waals surface area contributed by atoms with Crippen LogP contribution in [0.1, 0.15) is 201 Å². The summed E-state index contributed by atoms with van der Waals surface area (Å²) in [5.74, 6) is -1.05. The first-order valence-corrected chi connectivity index (χ1v) is 17.4. The largest absolute Gasteiger partial charge is 0.550 e. The minimum atomic E-state index is -0.830. The number of rotatable bonds is 30. The fourth-order valence-electron chi connectivity index (χ4n) is 6.14. The molecule has 0 heterocycles. The number of allylic oxidation sites excluding steroid dienone is 2. The van der Waals surface area contributed by atoms with Crippen LogP contribution in [0, 0.1) is 11.3 Å². The van der Waals surface area contributed by atoms with Gasteiger partial charge in [0.15, 0.2) is 0 Å². The number of hydrogen-bond donors (Lipinski definition) is 1. The van der Waals surface area contributed by atoms with Gasteiger partial charge in [-0.1, -0.05) is 149 Å². The van der Waals surface area contributed by atoms with Crippen molar-refractivity contribution in [3.05, 3.63) is 12.2 Å². The average molecular weight is 552 g/mol. The summed E-state index contributed by atoms with van der Waals surface area (Å²) in [6.45, 7) is 9.25. The van der Waals surface area contributed by atoms with E-state index in [9.17, 15) is 9.90 Å². The second kappa shape index (κ2) is 30.1. The molecule has 1 atom stereocenters. The molecule has 0 amide bonds. The van der Waals surface area contributed by atoms with E-state index in [-0.39, 0.29) is 12.1 Å². The molecule has 4 N–H and O–H groups in total.